The van der Waals surface area contributed by atoms with E-state index in [0.717, 1.165) is 27.1 Å². The maximum Gasteiger partial charge on any atom is 0.216 e. The van der Waals surface area contributed by atoms with E-state index in [1.54, 1.807) is 18.0 Å². The van der Waals surface area contributed by atoms with Crippen molar-refractivity contribution >= 4 is 34.4 Å². The Morgan fingerprint density at radius 2 is 2.04 bits per heavy atom. The summed E-state index contributed by atoms with van der Waals surface area (Å²) >= 11 is 8.76. The van der Waals surface area contributed by atoms with Gasteiger partial charge in [0.1, 0.15) is 11.5 Å². The van der Waals surface area contributed by atoms with Crippen LogP contribution >= 0.6 is 28.1 Å². The molecule has 134 valence electrons. The first-order valence-corrected chi connectivity index (χ1v) is 9.11. The summed E-state index contributed by atoms with van der Waals surface area (Å²) in [5, 5.41) is 11.5. The van der Waals surface area contributed by atoms with Gasteiger partial charge >= 0.3 is 0 Å². The number of nitrogens with one attached hydrogen (secondary N) is 1. The molecule has 0 unspecified atom stereocenters. The molecule has 0 saturated carbocycles. The third-order valence-electron chi connectivity index (χ3n) is 3.58. The third kappa shape index (κ3) is 4.03. The molecule has 0 bridgehead atoms. The predicted molar refractivity (Wildman–Crippen MR) is 108 cm³/mol. The number of aromatic nitrogens is 3. The van der Waals surface area contributed by atoms with E-state index in [2.05, 4.69) is 31.2 Å². The Bertz CT molecular complexity index is 980. The van der Waals surface area contributed by atoms with Crippen LogP contribution in [0.25, 0.3) is 11.4 Å². The number of H-pyrrole nitrogens is 1. The first-order chi connectivity index (χ1) is 12.6. The van der Waals surface area contributed by atoms with Crippen molar-refractivity contribution < 1.29 is 9.47 Å². The van der Waals surface area contributed by atoms with Crippen molar-refractivity contribution in [2.45, 2.75) is 6.92 Å². The zero-order chi connectivity index (χ0) is 18.5. The number of rotatable bonds is 6. The molecular weight excluding hydrogens is 416 g/mol. The van der Waals surface area contributed by atoms with E-state index in [0.29, 0.717) is 17.2 Å². The van der Waals surface area contributed by atoms with Crippen LogP contribution in [-0.2, 0) is 0 Å². The first-order valence-electron chi connectivity index (χ1n) is 7.91. The molecule has 0 radical (unpaired) electrons. The molecule has 0 saturated heterocycles. The van der Waals surface area contributed by atoms with Gasteiger partial charge in [0.15, 0.2) is 5.82 Å². The zero-order valence-corrected chi connectivity index (χ0v) is 16.7. The fourth-order valence-corrected chi connectivity index (χ4v) is 2.94. The lowest BCUT2D eigenvalue weighted by Crippen LogP contribution is -1.97. The summed E-state index contributed by atoms with van der Waals surface area (Å²) in [5.74, 6) is 2.14. The fraction of sp³-hybridized carbons (Fsp3) is 0.167. The molecule has 0 amide bonds. The summed E-state index contributed by atoms with van der Waals surface area (Å²) in [6.45, 7) is 2.57. The smallest absolute Gasteiger partial charge is 0.216 e. The van der Waals surface area contributed by atoms with Gasteiger partial charge in [-0.05, 0) is 61.6 Å². The van der Waals surface area contributed by atoms with Crippen LogP contribution in [0.15, 0.2) is 52.0 Å². The first kappa shape index (κ1) is 18.3. The monoisotopic (exact) mass is 432 g/mol. The van der Waals surface area contributed by atoms with Crippen LogP contribution in [0.2, 0.25) is 0 Å². The van der Waals surface area contributed by atoms with Crippen LogP contribution in [0.1, 0.15) is 12.5 Å². The summed E-state index contributed by atoms with van der Waals surface area (Å²) in [7, 11) is 1.62. The summed E-state index contributed by atoms with van der Waals surface area (Å²) in [4.78, 5) is 0. The molecule has 3 aromatic rings. The van der Waals surface area contributed by atoms with Gasteiger partial charge in [-0.15, -0.1) is 0 Å². The van der Waals surface area contributed by atoms with E-state index in [4.69, 9.17) is 21.7 Å². The van der Waals surface area contributed by atoms with Crippen LogP contribution in [0, 0.1) is 4.77 Å². The molecule has 26 heavy (non-hydrogen) atoms. The molecule has 8 heteroatoms. The maximum absolute atomic E-state index is 5.47. The number of methoxy groups -OCH3 is 1. The van der Waals surface area contributed by atoms with Gasteiger partial charge in [0.25, 0.3) is 0 Å². The minimum absolute atomic E-state index is 0.402. The Balaban J connectivity index is 1.96. The number of hydrogen-bond donors (Lipinski definition) is 1. The quantitative estimate of drug-likeness (QED) is 0.454. The number of aromatic amines is 1. The van der Waals surface area contributed by atoms with Gasteiger partial charge in [0.2, 0.25) is 4.77 Å². The molecule has 3 rings (SSSR count). The highest BCUT2D eigenvalue weighted by Gasteiger charge is 2.09. The number of halogens is 1. The Morgan fingerprint density at radius 3 is 2.73 bits per heavy atom. The minimum atomic E-state index is 0.402. The highest BCUT2D eigenvalue weighted by Crippen LogP contribution is 2.23. The van der Waals surface area contributed by atoms with Crippen LogP contribution in [0.5, 0.6) is 11.5 Å². The van der Waals surface area contributed by atoms with Gasteiger partial charge in [-0.3, -0.25) is 0 Å². The largest absolute Gasteiger partial charge is 0.496 e. The van der Waals surface area contributed by atoms with E-state index >= 15 is 0 Å². The Labute approximate surface area is 164 Å². The number of benzene rings is 2. The van der Waals surface area contributed by atoms with Crippen LogP contribution < -0.4 is 9.47 Å². The zero-order valence-electron chi connectivity index (χ0n) is 14.3. The Morgan fingerprint density at radius 1 is 1.27 bits per heavy atom. The second kappa shape index (κ2) is 8.29. The van der Waals surface area contributed by atoms with Gasteiger partial charge in [0.05, 0.1) is 19.9 Å². The SMILES string of the molecule is CCOc1ccc(-c2n[nH]c(=S)n2/N=C/c2cc(Br)ccc2OC)cc1. The van der Waals surface area contributed by atoms with Crippen LogP contribution in [0.3, 0.4) is 0 Å². The summed E-state index contributed by atoms with van der Waals surface area (Å²) < 4.78 is 13.7. The number of nitrogens with zero attached hydrogens (tertiary/aromatic N) is 3. The van der Waals surface area contributed by atoms with Gasteiger partial charge in [-0.2, -0.15) is 14.9 Å². The van der Waals surface area contributed by atoms with E-state index in [-0.39, 0.29) is 0 Å². The normalized spacial score (nSPS) is 11.0. The third-order valence-corrected chi connectivity index (χ3v) is 4.34. The van der Waals surface area contributed by atoms with Crippen molar-refractivity contribution in [1.82, 2.24) is 14.9 Å². The molecule has 0 aliphatic rings. The summed E-state index contributed by atoms with van der Waals surface area (Å²) in [5.41, 5.74) is 1.70. The second-order valence-electron chi connectivity index (χ2n) is 5.25. The number of hydrogen-bond acceptors (Lipinski definition) is 5. The van der Waals surface area contributed by atoms with Gasteiger partial charge in [0, 0.05) is 15.6 Å². The van der Waals surface area contributed by atoms with Crippen molar-refractivity contribution in [2.75, 3.05) is 13.7 Å². The standard InChI is InChI=1S/C18H17BrN4O2S/c1-3-25-15-7-4-12(5-8-15)17-21-22-18(26)23(17)20-11-13-10-14(19)6-9-16(13)24-2/h4-11H,3H2,1-2H3,(H,22,26)/b20-11+. The Hall–Kier alpha value is -2.45. The molecule has 1 heterocycles. The van der Waals surface area contributed by atoms with Crippen molar-refractivity contribution in [3.63, 3.8) is 0 Å². The topological polar surface area (TPSA) is 64.4 Å². The molecule has 2 aromatic carbocycles. The van der Waals surface area contributed by atoms with E-state index < -0.39 is 0 Å². The van der Waals surface area contributed by atoms with Gasteiger partial charge < -0.3 is 9.47 Å². The molecule has 0 aliphatic carbocycles. The highest BCUT2D eigenvalue weighted by molar-refractivity contribution is 9.10. The van der Waals surface area contributed by atoms with Crippen molar-refractivity contribution in [1.29, 1.82) is 0 Å². The molecule has 0 fully saturated rings. The molecule has 0 atom stereocenters. The van der Waals surface area contributed by atoms with Crippen molar-refractivity contribution in [2.24, 2.45) is 5.10 Å². The fourth-order valence-electron chi connectivity index (χ4n) is 2.38. The molecule has 0 aliphatic heterocycles. The highest BCUT2D eigenvalue weighted by atomic mass is 79.9. The van der Waals surface area contributed by atoms with Crippen LogP contribution in [0.4, 0.5) is 0 Å². The lowest BCUT2D eigenvalue weighted by atomic mass is 10.2. The van der Waals surface area contributed by atoms with Crippen molar-refractivity contribution in [3.05, 3.63) is 57.3 Å². The molecule has 1 aromatic heterocycles. The Kier molecular flexibility index (Phi) is 5.85. The molecule has 1 N–H and O–H groups in total. The van der Waals surface area contributed by atoms with Gasteiger partial charge in [-0.1, -0.05) is 15.9 Å². The second-order valence-corrected chi connectivity index (χ2v) is 6.55. The maximum atomic E-state index is 5.47. The molecule has 6 nitrogen and oxygen atoms in total. The average molecular weight is 433 g/mol. The number of ether oxygens (including phenoxy) is 2. The summed E-state index contributed by atoms with van der Waals surface area (Å²) in [6.07, 6.45) is 1.69. The average Bonchev–Trinajstić information content (AvgIpc) is 3.01. The summed E-state index contributed by atoms with van der Waals surface area (Å²) in [6, 6.07) is 13.3. The molecular formula is C18H17BrN4O2S. The van der Waals surface area contributed by atoms with Gasteiger partial charge in [-0.25, -0.2) is 5.10 Å². The molecule has 0 spiro atoms. The lowest BCUT2D eigenvalue weighted by Gasteiger charge is -2.06. The minimum Gasteiger partial charge on any atom is -0.496 e. The van der Waals surface area contributed by atoms with Crippen molar-refractivity contribution in [3.8, 4) is 22.9 Å². The van der Waals surface area contributed by atoms with Crippen LogP contribution in [-0.4, -0.2) is 34.8 Å². The van der Waals surface area contributed by atoms with E-state index in [9.17, 15) is 0 Å². The van der Waals surface area contributed by atoms with E-state index in [1.807, 2.05) is 49.4 Å². The lowest BCUT2D eigenvalue weighted by molar-refractivity contribution is 0.340. The van der Waals surface area contributed by atoms with E-state index in [1.165, 1.54) is 0 Å². The predicted octanol–water partition coefficient (Wildman–Crippen LogP) is 4.66.